The predicted octanol–water partition coefficient (Wildman–Crippen LogP) is 2.41. The molecule has 1 fully saturated rings. The number of thioether (sulfide) groups is 1. The Hall–Kier alpha value is -0.720. The van der Waals surface area contributed by atoms with Gasteiger partial charge in [0.25, 0.3) is 0 Å². The normalized spacial score (nSPS) is 22.4. The lowest BCUT2D eigenvalue weighted by Crippen LogP contribution is -2.54. The molecule has 0 aromatic carbocycles. The Kier molecular flexibility index (Phi) is 4.76. The molecule has 4 nitrogen and oxygen atoms in total. The lowest BCUT2D eigenvalue weighted by Gasteiger charge is -2.24. The Bertz CT molecular complexity index is 483. The summed E-state index contributed by atoms with van der Waals surface area (Å²) in [5.41, 5.74) is -1.07. The van der Waals surface area contributed by atoms with Crippen molar-refractivity contribution in [2.45, 2.75) is 24.8 Å². The predicted molar refractivity (Wildman–Crippen MR) is 78.1 cm³/mol. The zero-order chi connectivity index (χ0) is 13.9. The number of carbonyl (C=O) groups excluding carboxylic acids is 1. The van der Waals surface area contributed by atoms with Gasteiger partial charge in [0.05, 0.1) is 5.02 Å². The third-order valence-electron chi connectivity index (χ3n) is 3.03. The van der Waals surface area contributed by atoms with E-state index in [1.807, 2.05) is 11.4 Å². The van der Waals surface area contributed by atoms with Crippen molar-refractivity contribution in [3.63, 3.8) is 0 Å². The molecule has 1 saturated heterocycles. The first-order valence-corrected chi connectivity index (χ1v) is 8.28. The van der Waals surface area contributed by atoms with E-state index in [4.69, 9.17) is 11.6 Å². The van der Waals surface area contributed by atoms with Crippen LogP contribution >= 0.6 is 34.7 Å². The summed E-state index contributed by atoms with van der Waals surface area (Å²) in [6.45, 7) is 0. The van der Waals surface area contributed by atoms with E-state index in [1.54, 1.807) is 11.8 Å². The molecule has 7 heteroatoms. The number of carbonyl (C=O) groups is 2. The highest BCUT2D eigenvalue weighted by Crippen LogP contribution is 2.28. The third kappa shape index (κ3) is 3.64. The molecule has 1 aliphatic heterocycles. The molecule has 1 aromatic rings. The van der Waals surface area contributed by atoms with Crippen molar-refractivity contribution in [2.24, 2.45) is 0 Å². The van der Waals surface area contributed by atoms with Gasteiger partial charge in [0.1, 0.15) is 5.54 Å². The quantitative estimate of drug-likeness (QED) is 0.874. The second kappa shape index (κ2) is 6.15. The summed E-state index contributed by atoms with van der Waals surface area (Å²) in [6.07, 6.45) is 1.37. The highest BCUT2D eigenvalue weighted by molar-refractivity contribution is 7.99. The molecule has 0 saturated carbocycles. The fraction of sp³-hybridized carbons (Fsp3) is 0.500. The summed E-state index contributed by atoms with van der Waals surface area (Å²) < 4.78 is 0. The van der Waals surface area contributed by atoms with Crippen LogP contribution in [0.1, 0.15) is 17.7 Å². The number of aryl methyl sites for hydroxylation is 1. The van der Waals surface area contributed by atoms with Crippen molar-refractivity contribution in [1.29, 1.82) is 0 Å². The first-order valence-electron chi connectivity index (χ1n) is 5.87. The molecule has 2 N–H and O–H groups in total. The van der Waals surface area contributed by atoms with E-state index in [1.165, 1.54) is 11.3 Å². The highest BCUT2D eigenvalue weighted by atomic mass is 35.5. The Labute approximate surface area is 124 Å². The number of carboxylic acids is 1. The fourth-order valence-electron chi connectivity index (χ4n) is 1.94. The maximum Gasteiger partial charge on any atom is 0.330 e. The molecule has 19 heavy (non-hydrogen) atoms. The van der Waals surface area contributed by atoms with Crippen molar-refractivity contribution >= 4 is 46.6 Å². The number of carboxylic acid groups (broad SMARTS) is 1. The molecule has 1 aliphatic rings. The largest absolute Gasteiger partial charge is 0.479 e. The van der Waals surface area contributed by atoms with Crippen molar-refractivity contribution in [3.8, 4) is 0 Å². The Morgan fingerprint density at radius 1 is 1.53 bits per heavy atom. The first kappa shape index (κ1) is 14.7. The molecule has 1 amide bonds. The minimum Gasteiger partial charge on any atom is -0.479 e. The minimum atomic E-state index is -1.07. The summed E-state index contributed by atoms with van der Waals surface area (Å²) >= 11 is 8.87. The van der Waals surface area contributed by atoms with Gasteiger partial charge in [-0.2, -0.15) is 11.8 Å². The van der Waals surface area contributed by atoms with E-state index >= 15 is 0 Å². The molecule has 1 unspecified atom stereocenters. The third-order valence-corrected chi connectivity index (χ3v) is 5.56. The van der Waals surface area contributed by atoms with Crippen LogP contribution in [0.5, 0.6) is 0 Å². The molecular weight excluding hydrogens is 306 g/mol. The van der Waals surface area contributed by atoms with E-state index in [0.29, 0.717) is 23.6 Å². The van der Waals surface area contributed by atoms with Gasteiger partial charge >= 0.3 is 5.97 Å². The van der Waals surface area contributed by atoms with Gasteiger partial charge in [0, 0.05) is 22.4 Å². The Morgan fingerprint density at radius 3 is 2.84 bits per heavy atom. The zero-order valence-corrected chi connectivity index (χ0v) is 12.5. The lowest BCUT2D eigenvalue weighted by atomic mass is 9.99. The number of aliphatic carboxylic acids is 1. The van der Waals surface area contributed by atoms with Gasteiger partial charge in [-0.25, -0.2) is 4.79 Å². The highest BCUT2D eigenvalue weighted by Gasteiger charge is 2.43. The second-order valence-corrected chi connectivity index (χ2v) is 7.01. The summed E-state index contributed by atoms with van der Waals surface area (Å²) in [5, 5.41) is 14.4. The molecule has 1 atom stereocenters. The number of amides is 1. The van der Waals surface area contributed by atoms with E-state index < -0.39 is 11.5 Å². The average molecular weight is 320 g/mol. The zero-order valence-electron chi connectivity index (χ0n) is 10.1. The van der Waals surface area contributed by atoms with Crippen LogP contribution in [-0.2, 0) is 16.0 Å². The fourth-order valence-corrected chi connectivity index (χ4v) is 4.34. The maximum atomic E-state index is 11.9. The number of thiophene rings is 1. The topological polar surface area (TPSA) is 66.4 Å². The molecule has 0 aliphatic carbocycles. The van der Waals surface area contributed by atoms with Crippen molar-refractivity contribution in [3.05, 3.63) is 21.3 Å². The van der Waals surface area contributed by atoms with Gasteiger partial charge in [-0.3, -0.25) is 4.79 Å². The minimum absolute atomic E-state index is 0.213. The molecule has 2 heterocycles. The van der Waals surface area contributed by atoms with Gasteiger partial charge in [0.15, 0.2) is 0 Å². The van der Waals surface area contributed by atoms with Crippen LogP contribution in [0.15, 0.2) is 11.4 Å². The summed E-state index contributed by atoms with van der Waals surface area (Å²) in [7, 11) is 0. The van der Waals surface area contributed by atoms with Crippen molar-refractivity contribution in [2.75, 3.05) is 11.5 Å². The van der Waals surface area contributed by atoms with E-state index in [9.17, 15) is 14.7 Å². The summed E-state index contributed by atoms with van der Waals surface area (Å²) in [6, 6.07) is 1.83. The SMILES string of the molecule is O=C(CCc1cc(Cl)cs1)NC1(C(=O)O)CCSC1. The number of halogens is 1. The van der Waals surface area contributed by atoms with E-state index in [0.717, 1.165) is 10.6 Å². The molecule has 2 rings (SSSR count). The molecule has 0 radical (unpaired) electrons. The van der Waals surface area contributed by atoms with Crippen LogP contribution in [0, 0.1) is 0 Å². The van der Waals surface area contributed by atoms with Crippen LogP contribution in [0.4, 0.5) is 0 Å². The van der Waals surface area contributed by atoms with Crippen LogP contribution in [0.2, 0.25) is 5.02 Å². The summed E-state index contributed by atoms with van der Waals surface area (Å²) in [5.74, 6) is 0.0610. The van der Waals surface area contributed by atoms with Gasteiger partial charge in [-0.1, -0.05) is 11.6 Å². The van der Waals surface area contributed by atoms with Gasteiger partial charge < -0.3 is 10.4 Å². The second-order valence-electron chi connectivity index (χ2n) is 4.47. The smallest absolute Gasteiger partial charge is 0.330 e. The van der Waals surface area contributed by atoms with E-state index in [2.05, 4.69) is 5.32 Å². The van der Waals surface area contributed by atoms with Crippen LogP contribution in [0.25, 0.3) is 0 Å². The van der Waals surface area contributed by atoms with E-state index in [-0.39, 0.29) is 12.3 Å². The van der Waals surface area contributed by atoms with Crippen LogP contribution < -0.4 is 5.32 Å². The summed E-state index contributed by atoms with van der Waals surface area (Å²) in [4.78, 5) is 24.2. The number of nitrogens with one attached hydrogen (secondary N) is 1. The van der Waals surface area contributed by atoms with Crippen LogP contribution in [0.3, 0.4) is 0 Å². The molecule has 104 valence electrons. The molecule has 1 aromatic heterocycles. The Morgan fingerprint density at radius 2 is 2.32 bits per heavy atom. The monoisotopic (exact) mass is 319 g/mol. The van der Waals surface area contributed by atoms with Crippen molar-refractivity contribution < 1.29 is 14.7 Å². The number of rotatable bonds is 5. The molecular formula is C12H14ClNO3S2. The van der Waals surface area contributed by atoms with Crippen LogP contribution in [-0.4, -0.2) is 34.0 Å². The number of hydrogen-bond acceptors (Lipinski definition) is 4. The van der Waals surface area contributed by atoms with Crippen molar-refractivity contribution in [1.82, 2.24) is 5.32 Å². The first-order chi connectivity index (χ1) is 9.02. The van der Waals surface area contributed by atoms with Gasteiger partial charge in [-0.15, -0.1) is 11.3 Å². The standard InChI is InChI=1S/C12H14ClNO3S2/c13-8-5-9(19-6-8)1-2-10(15)14-12(11(16)17)3-4-18-7-12/h5-6H,1-4,7H2,(H,14,15)(H,16,17). The van der Waals surface area contributed by atoms with Gasteiger partial charge in [0.2, 0.25) is 5.91 Å². The van der Waals surface area contributed by atoms with Gasteiger partial charge in [-0.05, 0) is 24.7 Å². The molecule has 0 spiro atoms. The number of hydrogen-bond donors (Lipinski definition) is 2. The lowest BCUT2D eigenvalue weighted by molar-refractivity contribution is -0.146. The maximum absolute atomic E-state index is 11.9. The molecule has 0 bridgehead atoms. The Balaban J connectivity index is 1.88. The average Bonchev–Trinajstić information content (AvgIpc) is 2.97.